The largest absolute Gasteiger partial charge is 0.328 e. The van der Waals surface area contributed by atoms with Gasteiger partial charge in [-0.25, -0.2) is 9.78 Å². The van der Waals surface area contributed by atoms with Crippen molar-refractivity contribution in [1.82, 2.24) is 20.5 Å². The van der Waals surface area contributed by atoms with Gasteiger partial charge < -0.3 is 0 Å². The molecule has 1 fully saturated rings. The Labute approximate surface area is 156 Å². The number of nitrogens with one attached hydrogen (secondary N) is 2. The van der Waals surface area contributed by atoms with E-state index < -0.39 is 6.03 Å². The van der Waals surface area contributed by atoms with E-state index in [4.69, 9.17) is 0 Å². The van der Waals surface area contributed by atoms with Gasteiger partial charge in [0, 0.05) is 24.9 Å². The molecule has 27 heavy (non-hydrogen) atoms. The van der Waals surface area contributed by atoms with Gasteiger partial charge in [0.05, 0.1) is 5.69 Å². The quantitative estimate of drug-likeness (QED) is 0.731. The molecule has 0 saturated carbocycles. The van der Waals surface area contributed by atoms with Gasteiger partial charge in [-0.1, -0.05) is 42.5 Å². The number of anilines is 1. The highest BCUT2D eigenvalue weighted by Gasteiger charge is 2.26. The van der Waals surface area contributed by atoms with Crippen molar-refractivity contribution in [3.8, 4) is 11.4 Å². The fourth-order valence-electron chi connectivity index (χ4n) is 3.13. The molecule has 136 valence electrons. The predicted octanol–water partition coefficient (Wildman–Crippen LogP) is 2.70. The highest BCUT2D eigenvalue weighted by molar-refractivity contribution is 6.07. The van der Waals surface area contributed by atoms with Crippen LogP contribution in [0.2, 0.25) is 0 Å². The van der Waals surface area contributed by atoms with Gasteiger partial charge in [-0.05, 0) is 24.1 Å². The van der Waals surface area contributed by atoms with E-state index in [0.717, 1.165) is 24.2 Å². The average molecular weight is 361 g/mol. The summed E-state index contributed by atoms with van der Waals surface area (Å²) < 4.78 is 0. The van der Waals surface area contributed by atoms with E-state index >= 15 is 0 Å². The van der Waals surface area contributed by atoms with E-state index in [0.29, 0.717) is 18.1 Å². The molecular weight excluding hydrogens is 342 g/mol. The summed E-state index contributed by atoms with van der Waals surface area (Å²) in [5.74, 6) is 1.08. The van der Waals surface area contributed by atoms with Gasteiger partial charge in [-0.15, -0.1) is 0 Å². The maximum Gasteiger partial charge on any atom is 0.328 e. The van der Waals surface area contributed by atoms with E-state index in [2.05, 4.69) is 32.6 Å². The molecule has 0 radical (unpaired) electrons. The summed E-state index contributed by atoms with van der Waals surface area (Å²) in [6.45, 7) is 0.340. The number of rotatable bonds is 5. The number of urea groups is 1. The molecule has 2 heterocycles. The second-order valence-corrected chi connectivity index (χ2v) is 6.36. The van der Waals surface area contributed by atoms with Crippen molar-refractivity contribution in [3.05, 3.63) is 66.0 Å². The van der Waals surface area contributed by atoms with Crippen molar-refractivity contribution in [2.75, 3.05) is 11.4 Å². The molecule has 3 amide bonds. The number of nitrogens with zero attached hydrogens (tertiary/aromatic N) is 3. The van der Waals surface area contributed by atoms with Crippen molar-refractivity contribution in [2.24, 2.45) is 0 Å². The van der Waals surface area contributed by atoms with Gasteiger partial charge >= 0.3 is 6.03 Å². The number of hydrogen-bond acceptors (Lipinski definition) is 4. The number of carbonyl (C=O) groups excluding carboxylic acids is 2. The van der Waals surface area contributed by atoms with Crippen molar-refractivity contribution >= 4 is 17.6 Å². The standard InChI is InChI=1S/C20H19N5O2/c26-18-12-13-25(20(27)22-18)16-9-5-4-8-15(16)19-21-17(23-24-19)11-10-14-6-2-1-3-7-14/h1-9H,10-13H2,(H,21,23,24)(H,22,26,27). The van der Waals surface area contributed by atoms with Gasteiger partial charge in [0.15, 0.2) is 5.82 Å². The fourth-order valence-corrected chi connectivity index (χ4v) is 3.13. The minimum Gasteiger partial charge on any atom is -0.293 e. The van der Waals surface area contributed by atoms with Crippen molar-refractivity contribution in [1.29, 1.82) is 0 Å². The zero-order valence-corrected chi connectivity index (χ0v) is 14.7. The summed E-state index contributed by atoms with van der Waals surface area (Å²) in [6, 6.07) is 17.2. The predicted molar refractivity (Wildman–Crippen MR) is 101 cm³/mol. The van der Waals surface area contributed by atoms with Crippen LogP contribution in [0.15, 0.2) is 54.6 Å². The third-order valence-electron chi connectivity index (χ3n) is 4.51. The lowest BCUT2D eigenvalue weighted by Crippen LogP contribution is -2.49. The molecule has 0 bridgehead atoms. The van der Waals surface area contributed by atoms with Crippen LogP contribution in [0.1, 0.15) is 17.8 Å². The zero-order chi connectivity index (χ0) is 18.6. The fraction of sp³-hybridized carbons (Fsp3) is 0.200. The summed E-state index contributed by atoms with van der Waals surface area (Å²) in [7, 11) is 0. The van der Waals surface area contributed by atoms with E-state index in [1.807, 2.05) is 42.5 Å². The third-order valence-corrected chi connectivity index (χ3v) is 4.51. The number of amides is 3. The highest BCUT2D eigenvalue weighted by atomic mass is 16.2. The highest BCUT2D eigenvalue weighted by Crippen LogP contribution is 2.29. The molecule has 1 saturated heterocycles. The Bertz CT molecular complexity index is 967. The lowest BCUT2D eigenvalue weighted by Gasteiger charge is -2.27. The van der Waals surface area contributed by atoms with Gasteiger partial charge in [0.25, 0.3) is 0 Å². The molecular formula is C20H19N5O2. The van der Waals surface area contributed by atoms with E-state index in [-0.39, 0.29) is 12.3 Å². The minimum atomic E-state index is -0.418. The number of H-pyrrole nitrogens is 1. The van der Waals surface area contributed by atoms with Crippen LogP contribution >= 0.6 is 0 Å². The first-order valence-electron chi connectivity index (χ1n) is 8.86. The molecule has 2 N–H and O–H groups in total. The molecule has 1 aliphatic rings. The van der Waals surface area contributed by atoms with Gasteiger partial charge in [-0.3, -0.25) is 20.1 Å². The molecule has 7 heteroatoms. The first-order valence-corrected chi connectivity index (χ1v) is 8.86. The molecule has 0 atom stereocenters. The Balaban J connectivity index is 1.55. The third kappa shape index (κ3) is 3.72. The second-order valence-electron chi connectivity index (χ2n) is 6.36. The lowest BCUT2D eigenvalue weighted by atomic mass is 10.1. The van der Waals surface area contributed by atoms with Crippen molar-refractivity contribution in [3.63, 3.8) is 0 Å². The Morgan fingerprint density at radius 3 is 2.56 bits per heavy atom. The SMILES string of the molecule is O=C1CCN(c2ccccc2-c2n[nH]c(CCc3ccccc3)n2)C(=O)N1. The Morgan fingerprint density at radius 1 is 0.963 bits per heavy atom. The van der Waals surface area contributed by atoms with Crippen LogP contribution in [-0.4, -0.2) is 33.7 Å². The van der Waals surface area contributed by atoms with Gasteiger partial charge in [0.2, 0.25) is 5.91 Å². The Kier molecular flexibility index (Phi) is 4.65. The summed E-state index contributed by atoms with van der Waals surface area (Å²) in [5.41, 5.74) is 2.69. The van der Waals surface area contributed by atoms with Crippen molar-refractivity contribution < 1.29 is 9.59 Å². The summed E-state index contributed by atoms with van der Waals surface area (Å²) in [6.07, 6.45) is 1.89. The van der Waals surface area contributed by atoms with Crippen LogP contribution in [0.4, 0.5) is 10.5 Å². The molecule has 2 aromatic carbocycles. The van der Waals surface area contributed by atoms with E-state index in [9.17, 15) is 9.59 Å². The van der Waals surface area contributed by atoms with E-state index in [1.54, 1.807) is 4.90 Å². The number of aromatic amines is 1. The van der Waals surface area contributed by atoms with Crippen LogP contribution in [-0.2, 0) is 17.6 Å². The first kappa shape index (κ1) is 17.0. The maximum atomic E-state index is 12.2. The molecule has 3 aromatic rings. The average Bonchev–Trinajstić information content (AvgIpc) is 3.16. The molecule has 4 rings (SSSR count). The number of hydrogen-bond donors (Lipinski definition) is 2. The maximum absolute atomic E-state index is 12.2. The van der Waals surface area contributed by atoms with Crippen LogP contribution in [0.5, 0.6) is 0 Å². The zero-order valence-electron chi connectivity index (χ0n) is 14.7. The minimum absolute atomic E-state index is 0.255. The number of para-hydroxylation sites is 1. The van der Waals surface area contributed by atoms with Crippen LogP contribution in [0.25, 0.3) is 11.4 Å². The number of aryl methyl sites for hydroxylation is 2. The summed E-state index contributed by atoms with van der Waals surface area (Å²) >= 11 is 0. The second kappa shape index (κ2) is 7.41. The number of aromatic nitrogens is 3. The molecule has 1 aliphatic heterocycles. The monoisotopic (exact) mass is 361 g/mol. The normalized spacial score (nSPS) is 14.3. The lowest BCUT2D eigenvalue weighted by molar-refractivity contribution is -0.120. The molecule has 0 aliphatic carbocycles. The van der Waals surface area contributed by atoms with E-state index in [1.165, 1.54) is 5.56 Å². The number of imide groups is 1. The number of carbonyl (C=O) groups is 2. The van der Waals surface area contributed by atoms with Gasteiger partial charge in [0.1, 0.15) is 5.82 Å². The Hall–Kier alpha value is -3.48. The molecule has 7 nitrogen and oxygen atoms in total. The smallest absolute Gasteiger partial charge is 0.293 e. The van der Waals surface area contributed by atoms with Gasteiger partial charge in [-0.2, -0.15) is 5.10 Å². The van der Waals surface area contributed by atoms with Crippen LogP contribution in [0.3, 0.4) is 0 Å². The van der Waals surface area contributed by atoms with Crippen LogP contribution in [0, 0.1) is 0 Å². The summed E-state index contributed by atoms with van der Waals surface area (Å²) in [5, 5.41) is 9.67. The molecule has 0 spiro atoms. The number of benzene rings is 2. The Morgan fingerprint density at radius 2 is 1.74 bits per heavy atom. The molecule has 1 aromatic heterocycles. The first-order chi connectivity index (χ1) is 13.2. The topological polar surface area (TPSA) is 91.0 Å². The van der Waals surface area contributed by atoms with Crippen LogP contribution < -0.4 is 10.2 Å². The molecule has 0 unspecified atom stereocenters. The summed E-state index contributed by atoms with van der Waals surface area (Å²) in [4.78, 5) is 29.8. The van der Waals surface area contributed by atoms with Crippen molar-refractivity contribution in [2.45, 2.75) is 19.3 Å².